The number of carbonyl (C=O) groups is 1. The lowest BCUT2D eigenvalue weighted by molar-refractivity contribution is -0.122. The summed E-state index contributed by atoms with van der Waals surface area (Å²) in [6.07, 6.45) is 1.49. The maximum absolute atomic E-state index is 11.9. The molecule has 1 aromatic rings. The van der Waals surface area contributed by atoms with Crippen LogP contribution in [0.25, 0.3) is 0 Å². The van der Waals surface area contributed by atoms with Crippen LogP contribution in [0.5, 0.6) is 5.75 Å². The van der Waals surface area contributed by atoms with Gasteiger partial charge < -0.3 is 15.8 Å². The van der Waals surface area contributed by atoms with Crippen molar-refractivity contribution in [3.8, 4) is 5.75 Å². The van der Waals surface area contributed by atoms with Gasteiger partial charge in [-0.1, -0.05) is 11.6 Å². The van der Waals surface area contributed by atoms with Gasteiger partial charge in [0.05, 0.1) is 12.8 Å². The molecule has 1 aliphatic rings. The summed E-state index contributed by atoms with van der Waals surface area (Å²) < 4.78 is 5.16. The summed E-state index contributed by atoms with van der Waals surface area (Å²) in [4.78, 5) is 11.9. The predicted octanol–water partition coefficient (Wildman–Crippen LogP) is 2.02. The van der Waals surface area contributed by atoms with Gasteiger partial charge in [-0.3, -0.25) is 4.79 Å². The van der Waals surface area contributed by atoms with Gasteiger partial charge in [-0.05, 0) is 31.0 Å². The molecule has 5 heteroatoms. The molecule has 0 aliphatic heterocycles. The van der Waals surface area contributed by atoms with Crippen molar-refractivity contribution in [1.82, 2.24) is 0 Å². The standard InChI is InChI=1S/C12H15ClN2O2/c1-17-11-3-2-8(13)6-10(11)15-12(16)7-4-9(14)5-7/h2-3,6-7,9H,4-5,14H2,1H3,(H,15,16). The fourth-order valence-electron chi connectivity index (χ4n) is 1.89. The second-order valence-electron chi connectivity index (χ2n) is 4.26. The molecule has 0 saturated heterocycles. The fraction of sp³-hybridized carbons (Fsp3) is 0.417. The van der Waals surface area contributed by atoms with Crippen LogP contribution in [0.1, 0.15) is 12.8 Å². The topological polar surface area (TPSA) is 64.3 Å². The maximum atomic E-state index is 11.9. The fourth-order valence-corrected chi connectivity index (χ4v) is 2.06. The Hall–Kier alpha value is -1.26. The van der Waals surface area contributed by atoms with Crippen LogP contribution in [0.2, 0.25) is 5.02 Å². The van der Waals surface area contributed by atoms with Gasteiger partial charge in [0.1, 0.15) is 5.75 Å². The highest BCUT2D eigenvalue weighted by Gasteiger charge is 2.32. The number of rotatable bonds is 3. The minimum absolute atomic E-state index is 0.00804. The van der Waals surface area contributed by atoms with Gasteiger partial charge in [-0.25, -0.2) is 0 Å². The second kappa shape index (κ2) is 4.94. The van der Waals surface area contributed by atoms with Crippen LogP contribution in [0.4, 0.5) is 5.69 Å². The van der Waals surface area contributed by atoms with Gasteiger partial charge in [0, 0.05) is 17.0 Å². The van der Waals surface area contributed by atoms with Gasteiger partial charge in [0.25, 0.3) is 0 Å². The average Bonchev–Trinajstić information content (AvgIpc) is 2.25. The molecule has 4 nitrogen and oxygen atoms in total. The van der Waals surface area contributed by atoms with Crippen molar-refractivity contribution in [3.63, 3.8) is 0 Å². The van der Waals surface area contributed by atoms with Crippen molar-refractivity contribution < 1.29 is 9.53 Å². The molecule has 17 heavy (non-hydrogen) atoms. The smallest absolute Gasteiger partial charge is 0.227 e. The van der Waals surface area contributed by atoms with Crippen LogP contribution in [-0.2, 0) is 4.79 Å². The summed E-state index contributed by atoms with van der Waals surface area (Å²) in [5.41, 5.74) is 6.26. The first kappa shape index (κ1) is 12.2. The molecule has 0 aromatic heterocycles. The molecular weight excluding hydrogens is 240 g/mol. The lowest BCUT2D eigenvalue weighted by Crippen LogP contribution is -2.42. The van der Waals surface area contributed by atoms with E-state index in [0.29, 0.717) is 16.5 Å². The number of hydrogen-bond acceptors (Lipinski definition) is 3. The monoisotopic (exact) mass is 254 g/mol. The largest absolute Gasteiger partial charge is 0.495 e. The molecule has 0 radical (unpaired) electrons. The molecular formula is C12H15ClN2O2. The predicted molar refractivity (Wildman–Crippen MR) is 67.3 cm³/mol. The van der Waals surface area contributed by atoms with E-state index in [4.69, 9.17) is 22.1 Å². The Labute approximate surface area is 105 Å². The number of carbonyl (C=O) groups excluding carboxylic acids is 1. The van der Waals surface area contributed by atoms with Crippen LogP contribution in [-0.4, -0.2) is 19.1 Å². The number of ether oxygens (including phenoxy) is 1. The highest BCUT2D eigenvalue weighted by atomic mass is 35.5. The first-order chi connectivity index (χ1) is 8.10. The van der Waals surface area contributed by atoms with Crippen LogP contribution in [0.3, 0.4) is 0 Å². The highest BCUT2D eigenvalue weighted by Crippen LogP contribution is 2.31. The lowest BCUT2D eigenvalue weighted by atomic mass is 9.80. The Morgan fingerprint density at radius 1 is 1.53 bits per heavy atom. The van der Waals surface area contributed by atoms with Crippen LogP contribution in [0, 0.1) is 5.92 Å². The summed E-state index contributed by atoms with van der Waals surface area (Å²) in [7, 11) is 1.55. The molecule has 1 aromatic carbocycles. The van der Waals surface area contributed by atoms with E-state index in [0.717, 1.165) is 12.8 Å². The Kier molecular flexibility index (Phi) is 3.54. The van der Waals surface area contributed by atoms with Gasteiger partial charge in [-0.15, -0.1) is 0 Å². The van der Waals surface area contributed by atoms with Crippen molar-refractivity contribution >= 4 is 23.2 Å². The van der Waals surface area contributed by atoms with Gasteiger partial charge in [0.15, 0.2) is 0 Å². The van der Waals surface area contributed by atoms with E-state index < -0.39 is 0 Å². The number of anilines is 1. The van der Waals surface area contributed by atoms with E-state index >= 15 is 0 Å². The van der Waals surface area contributed by atoms with E-state index in [2.05, 4.69) is 5.32 Å². The number of nitrogens with one attached hydrogen (secondary N) is 1. The Bertz CT molecular complexity index is 431. The molecule has 1 aliphatic carbocycles. The van der Waals surface area contributed by atoms with Crippen LogP contribution < -0.4 is 15.8 Å². The summed E-state index contributed by atoms with van der Waals surface area (Å²) >= 11 is 5.88. The molecule has 2 rings (SSSR count). The Morgan fingerprint density at radius 2 is 2.24 bits per heavy atom. The Balaban J connectivity index is 2.07. The zero-order valence-electron chi connectivity index (χ0n) is 9.57. The first-order valence-electron chi connectivity index (χ1n) is 5.50. The number of halogens is 1. The van der Waals surface area contributed by atoms with E-state index in [1.54, 1.807) is 25.3 Å². The average molecular weight is 255 g/mol. The van der Waals surface area contributed by atoms with E-state index in [1.165, 1.54) is 0 Å². The van der Waals surface area contributed by atoms with Crippen LogP contribution in [0.15, 0.2) is 18.2 Å². The van der Waals surface area contributed by atoms with E-state index in [-0.39, 0.29) is 17.9 Å². The van der Waals surface area contributed by atoms with E-state index in [9.17, 15) is 4.79 Å². The summed E-state index contributed by atoms with van der Waals surface area (Å²) in [5.74, 6) is 0.590. The van der Waals surface area contributed by atoms with Crippen molar-refractivity contribution in [2.75, 3.05) is 12.4 Å². The lowest BCUT2D eigenvalue weighted by Gasteiger charge is -2.31. The first-order valence-corrected chi connectivity index (χ1v) is 5.88. The second-order valence-corrected chi connectivity index (χ2v) is 4.70. The number of amides is 1. The number of hydrogen-bond donors (Lipinski definition) is 2. The van der Waals surface area contributed by atoms with Crippen molar-refractivity contribution in [1.29, 1.82) is 0 Å². The summed E-state index contributed by atoms with van der Waals surface area (Å²) in [5, 5.41) is 3.38. The third-order valence-corrected chi connectivity index (χ3v) is 3.20. The molecule has 0 spiro atoms. The molecule has 0 atom stereocenters. The van der Waals surface area contributed by atoms with Gasteiger partial charge in [0.2, 0.25) is 5.91 Å². The van der Waals surface area contributed by atoms with Crippen molar-refractivity contribution in [2.45, 2.75) is 18.9 Å². The van der Waals surface area contributed by atoms with Crippen molar-refractivity contribution in [3.05, 3.63) is 23.2 Å². The zero-order chi connectivity index (χ0) is 12.4. The molecule has 92 valence electrons. The number of methoxy groups -OCH3 is 1. The molecule has 1 saturated carbocycles. The van der Waals surface area contributed by atoms with Gasteiger partial charge in [-0.2, -0.15) is 0 Å². The third kappa shape index (κ3) is 2.70. The number of benzene rings is 1. The Morgan fingerprint density at radius 3 is 2.82 bits per heavy atom. The molecule has 3 N–H and O–H groups in total. The minimum Gasteiger partial charge on any atom is -0.495 e. The highest BCUT2D eigenvalue weighted by molar-refractivity contribution is 6.31. The maximum Gasteiger partial charge on any atom is 0.227 e. The molecule has 0 unspecified atom stereocenters. The van der Waals surface area contributed by atoms with Gasteiger partial charge >= 0.3 is 0 Å². The minimum atomic E-state index is -0.0210. The zero-order valence-corrected chi connectivity index (χ0v) is 10.3. The van der Waals surface area contributed by atoms with Crippen LogP contribution >= 0.6 is 11.6 Å². The number of nitrogens with two attached hydrogens (primary N) is 1. The summed E-state index contributed by atoms with van der Waals surface area (Å²) in [6.45, 7) is 0. The molecule has 0 heterocycles. The normalized spacial score (nSPS) is 22.8. The van der Waals surface area contributed by atoms with Crippen molar-refractivity contribution in [2.24, 2.45) is 11.7 Å². The summed E-state index contributed by atoms with van der Waals surface area (Å²) in [6, 6.07) is 5.28. The molecule has 1 amide bonds. The quantitative estimate of drug-likeness (QED) is 0.867. The van der Waals surface area contributed by atoms with E-state index in [1.807, 2.05) is 0 Å². The molecule has 0 bridgehead atoms. The molecule has 1 fully saturated rings. The third-order valence-electron chi connectivity index (χ3n) is 2.96. The SMILES string of the molecule is COc1ccc(Cl)cc1NC(=O)C1CC(N)C1.